The summed E-state index contributed by atoms with van der Waals surface area (Å²) < 4.78 is 6.40. The number of hydrogen-bond donors (Lipinski definition) is 4. The van der Waals surface area contributed by atoms with Crippen LogP contribution in [0.25, 0.3) is 10.9 Å². The zero-order valence-corrected chi connectivity index (χ0v) is 10.9. The number of H-pyrrole nitrogens is 1. The number of rotatable bonds is 2. The molecule has 0 amide bonds. The summed E-state index contributed by atoms with van der Waals surface area (Å²) in [5, 5.41) is 32.2. The van der Waals surface area contributed by atoms with Crippen molar-refractivity contribution in [3.8, 4) is 0 Å². The molecule has 108 valence electrons. The van der Waals surface area contributed by atoms with Crippen molar-refractivity contribution in [2.24, 2.45) is 0 Å². The van der Waals surface area contributed by atoms with Crippen LogP contribution in [0.15, 0.2) is 20.3 Å². The van der Waals surface area contributed by atoms with Gasteiger partial charge in [-0.1, -0.05) is 0 Å². The van der Waals surface area contributed by atoms with Crippen molar-refractivity contribution in [1.82, 2.24) is 9.55 Å². The lowest BCUT2D eigenvalue weighted by Gasteiger charge is -2.18. The number of nitrogens with one attached hydrogen (secondary N) is 1. The fourth-order valence-corrected chi connectivity index (χ4v) is 3.13. The quantitative estimate of drug-likeness (QED) is 0.527. The van der Waals surface area contributed by atoms with Crippen LogP contribution in [0.3, 0.4) is 0 Å². The standard InChI is InChI=1S/C11H12N2O6S/c14-1-6-7(15)8(16)10(19-6)13-5-3-20-2-4(5)9(17)12-11(13)18/h2-3,6-8,10,14-16H,1H2,(H,12,17,18)/t6-,7-,8-,10-/m1/s1. The molecule has 4 N–H and O–H groups in total. The van der Waals surface area contributed by atoms with E-state index in [4.69, 9.17) is 9.84 Å². The molecular weight excluding hydrogens is 288 g/mol. The molecule has 1 fully saturated rings. The van der Waals surface area contributed by atoms with Crippen molar-refractivity contribution < 1.29 is 20.1 Å². The molecule has 8 nitrogen and oxygen atoms in total. The normalized spacial score (nSPS) is 30.1. The third kappa shape index (κ3) is 1.83. The third-order valence-electron chi connectivity index (χ3n) is 3.36. The van der Waals surface area contributed by atoms with Crippen molar-refractivity contribution in [3.63, 3.8) is 0 Å². The van der Waals surface area contributed by atoms with Crippen LogP contribution in [-0.2, 0) is 4.74 Å². The van der Waals surface area contributed by atoms with Crippen LogP contribution in [0, 0.1) is 0 Å². The molecule has 9 heteroatoms. The Balaban J connectivity index is 2.18. The van der Waals surface area contributed by atoms with E-state index in [1.54, 1.807) is 10.8 Å². The van der Waals surface area contributed by atoms with E-state index in [2.05, 4.69) is 4.98 Å². The zero-order chi connectivity index (χ0) is 14.4. The minimum atomic E-state index is -1.38. The molecule has 3 heterocycles. The van der Waals surface area contributed by atoms with E-state index in [1.807, 2.05) is 0 Å². The molecule has 1 saturated heterocycles. The molecule has 2 aromatic heterocycles. The highest BCUT2D eigenvalue weighted by Gasteiger charge is 2.44. The lowest BCUT2D eigenvalue weighted by atomic mass is 10.1. The summed E-state index contributed by atoms with van der Waals surface area (Å²) in [5.74, 6) is 0. The highest BCUT2D eigenvalue weighted by Crippen LogP contribution is 2.30. The van der Waals surface area contributed by atoms with Gasteiger partial charge in [-0.05, 0) is 0 Å². The van der Waals surface area contributed by atoms with Crippen LogP contribution in [0.5, 0.6) is 0 Å². The van der Waals surface area contributed by atoms with Crippen LogP contribution in [-0.4, -0.2) is 49.8 Å². The Labute approximate surface area is 115 Å². The topological polar surface area (TPSA) is 125 Å². The first kappa shape index (κ1) is 13.5. The summed E-state index contributed by atoms with van der Waals surface area (Å²) in [6.07, 6.45) is -4.83. The largest absolute Gasteiger partial charge is 0.394 e. The Hall–Kier alpha value is -1.52. The Morgan fingerprint density at radius 3 is 2.70 bits per heavy atom. The summed E-state index contributed by atoms with van der Waals surface area (Å²) >= 11 is 1.23. The number of thiophene rings is 1. The average Bonchev–Trinajstić information content (AvgIpc) is 2.99. The van der Waals surface area contributed by atoms with E-state index in [0.717, 1.165) is 4.57 Å². The third-order valence-corrected chi connectivity index (χ3v) is 4.09. The summed E-state index contributed by atoms with van der Waals surface area (Å²) in [4.78, 5) is 25.7. The van der Waals surface area contributed by atoms with Crippen molar-refractivity contribution in [3.05, 3.63) is 31.6 Å². The van der Waals surface area contributed by atoms with Gasteiger partial charge in [0.05, 0.1) is 17.5 Å². The summed E-state index contributed by atoms with van der Waals surface area (Å²) in [5.41, 5.74) is -0.941. The van der Waals surface area contributed by atoms with Gasteiger partial charge in [0, 0.05) is 10.8 Å². The number of aromatic amines is 1. The molecule has 0 aliphatic carbocycles. The molecule has 4 atom stereocenters. The fraction of sp³-hybridized carbons (Fsp3) is 0.455. The maximum Gasteiger partial charge on any atom is 0.331 e. The number of hydrogen-bond acceptors (Lipinski definition) is 7. The summed E-state index contributed by atoms with van der Waals surface area (Å²) in [7, 11) is 0. The molecule has 3 rings (SSSR count). The van der Waals surface area contributed by atoms with Crippen LogP contribution >= 0.6 is 11.3 Å². The molecule has 0 aromatic carbocycles. The minimum Gasteiger partial charge on any atom is -0.394 e. The molecule has 20 heavy (non-hydrogen) atoms. The maximum atomic E-state index is 12.0. The van der Waals surface area contributed by atoms with Gasteiger partial charge in [0.1, 0.15) is 18.3 Å². The van der Waals surface area contributed by atoms with Gasteiger partial charge >= 0.3 is 5.69 Å². The number of fused-ring (bicyclic) bond motifs is 1. The van der Waals surface area contributed by atoms with Crippen LogP contribution in [0.1, 0.15) is 6.23 Å². The predicted molar refractivity (Wildman–Crippen MR) is 69.7 cm³/mol. The number of ether oxygens (including phenoxy) is 1. The van der Waals surface area contributed by atoms with Crippen molar-refractivity contribution in [1.29, 1.82) is 0 Å². The van der Waals surface area contributed by atoms with Gasteiger partial charge in [0.2, 0.25) is 0 Å². The van der Waals surface area contributed by atoms with Gasteiger partial charge in [-0.15, -0.1) is 11.3 Å². The summed E-state index contributed by atoms with van der Waals surface area (Å²) in [6, 6.07) is 0. The van der Waals surface area contributed by atoms with Crippen molar-refractivity contribution >= 4 is 22.2 Å². The predicted octanol–water partition coefficient (Wildman–Crippen LogP) is -1.64. The van der Waals surface area contributed by atoms with Gasteiger partial charge in [0.15, 0.2) is 6.23 Å². The Bertz CT molecular complexity index is 749. The van der Waals surface area contributed by atoms with Crippen LogP contribution in [0.2, 0.25) is 0 Å². The maximum absolute atomic E-state index is 12.0. The molecule has 0 spiro atoms. The fourth-order valence-electron chi connectivity index (χ4n) is 2.33. The highest BCUT2D eigenvalue weighted by molar-refractivity contribution is 7.09. The van der Waals surface area contributed by atoms with Gasteiger partial charge in [0.25, 0.3) is 5.56 Å². The second-order valence-corrected chi connectivity index (χ2v) is 5.27. The number of aromatic nitrogens is 2. The van der Waals surface area contributed by atoms with Gasteiger partial charge < -0.3 is 20.1 Å². The molecule has 0 saturated carbocycles. The Kier molecular flexibility index (Phi) is 3.22. The monoisotopic (exact) mass is 300 g/mol. The minimum absolute atomic E-state index is 0.298. The van der Waals surface area contributed by atoms with E-state index < -0.39 is 42.4 Å². The average molecular weight is 300 g/mol. The second-order valence-electron chi connectivity index (χ2n) is 4.53. The molecule has 0 radical (unpaired) electrons. The van der Waals surface area contributed by atoms with E-state index >= 15 is 0 Å². The lowest BCUT2D eigenvalue weighted by molar-refractivity contribution is -0.0527. The van der Waals surface area contributed by atoms with E-state index in [1.165, 1.54) is 11.3 Å². The van der Waals surface area contributed by atoms with Crippen LogP contribution < -0.4 is 11.2 Å². The highest BCUT2D eigenvalue weighted by atomic mass is 32.1. The van der Waals surface area contributed by atoms with Crippen LogP contribution in [0.4, 0.5) is 0 Å². The Morgan fingerprint density at radius 1 is 1.30 bits per heavy atom. The molecule has 1 aliphatic rings. The van der Waals surface area contributed by atoms with Gasteiger partial charge in [-0.3, -0.25) is 14.3 Å². The number of nitrogens with zero attached hydrogens (tertiary/aromatic N) is 1. The van der Waals surface area contributed by atoms with Crippen molar-refractivity contribution in [2.75, 3.05) is 6.61 Å². The molecular formula is C11H12N2O6S. The first-order chi connectivity index (χ1) is 9.54. The van der Waals surface area contributed by atoms with E-state index in [0.29, 0.717) is 10.9 Å². The molecule has 0 unspecified atom stereocenters. The smallest absolute Gasteiger partial charge is 0.331 e. The first-order valence-corrected chi connectivity index (χ1v) is 6.82. The summed E-state index contributed by atoms with van der Waals surface area (Å²) in [6.45, 7) is -0.486. The Morgan fingerprint density at radius 2 is 2.05 bits per heavy atom. The first-order valence-electron chi connectivity index (χ1n) is 5.87. The zero-order valence-electron chi connectivity index (χ0n) is 10.1. The van der Waals surface area contributed by atoms with E-state index in [-0.39, 0.29) is 0 Å². The molecule has 2 aromatic rings. The molecule has 0 bridgehead atoms. The lowest BCUT2D eigenvalue weighted by Crippen LogP contribution is -2.38. The second kappa shape index (κ2) is 4.79. The van der Waals surface area contributed by atoms with E-state index in [9.17, 15) is 19.8 Å². The SMILES string of the molecule is O=c1[nH]c(=O)n([C@@H]2O[C@H](CO)[C@@H](O)[C@H]2O)c2cscc12. The number of aliphatic hydroxyl groups excluding tert-OH is 3. The molecule has 1 aliphatic heterocycles. The van der Waals surface area contributed by atoms with Gasteiger partial charge in [-0.2, -0.15) is 0 Å². The number of aliphatic hydroxyl groups is 3. The van der Waals surface area contributed by atoms with Crippen molar-refractivity contribution in [2.45, 2.75) is 24.5 Å². The van der Waals surface area contributed by atoms with Gasteiger partial charge in [-0.25, -0.2) is 4.79 Å².